The van der Waals surface area contributed by atoms with Gasteiger partial charge in [-0.05, 0) is 97.9 Å². The van der Waals surface area contributed by atoms with Crippen LogP contribution in [-0.4, -0.2) is 23.3 Å². The number of carbonyl (C=O) groups is 1. The molecule has 2 aliphatic carbocycles. The highest BCUT2D eigenvalue weighted by Crippen LogP contribution is 2.51. The van der Waals surface area contributed by atoms with E-state index in [1.165, 1.54) is 24.3 Å². The van der Waals surface area contributed by atoms with Crippen LogP contribution in [0.3, 0.4) is 0 Å². The van der Waals surface area contributed by atoms with Crippen molar-refractivity contribution in [2.24, 2.45) is 5.92 Å². The molecule has 1 aliphatic heterocycles. The summed E-state index contributed by atoms with van der Waals surface area (Å²) in [6.07, 6.45) is 6.18. The number of aryl methyl sites for hydroxylation is 1. The lowest BCUT2D eigenvalue weighted by molar-refractivity contribution is 0.0634. The van der Waals surface area contributed by atoms with E-state index in [2.05, 4.69) is 29.1 Å². The fourth-order valence-electron chi connectivity index (χ4n) is 5.59. The molecule has 0 radical (unpaired) electrons. The van der Waals surface area contributed by atoms with Crippen LogP contribution in [0.5, 0.6) is 0 Å². The van der Waals surface area contributed by atoms with E-state index in [-0.39, 0.29) is 23.6 Å². The first kappa shape index (κ1) is 24.1. The molecule has 0 spiro atoms. The van der Waals surface area contributed by atoms with Crippen molar-refractivity contribution in [1.82, 2.24) is 10.7 Å². The average Bonchev–Trinajstić information content (AvgIpc) is 3.42. The fraction of sp³-hybridized carbons (Fsp3) is 0.321. The zero-order valence-electron chi connectivity index (χ0n) is 20.4. The number of benzene rings is 2. The Morgan fingerprint density at radius 1 is 1.19 bits per heavy atom. The van der Waals surface area contributed by atoms with E-state index in [9.17, 15) is 18.7 Å². The van der Waals surface area contributed by atoms with Crippen LogP contribution in [0.1, 0.15) is 38.7 Å². The molecule has 36 heavy (non-hydrogen) atoms. The number of hydrazine groups is 1. The molecule has 4 N–H and O–H groups in total. The lowest BCUT2D eigenvalue weighted by Crippen LogP contribution is -2.35. The molecule has 5 rings (SSSR count). The second-order valence-electron chi connectivity index (χ2n) is 9.55. The summed E-state index contributed by atoms with van der Waals surface area (Å²) in [5, 5.41) is 19.2. The summed E-state index contributed by atoms with van der Waals surface area (Å²) in [5.74, 6) is -0.692. The van der Waals surface area contributed by atoms with Crippen molar-refractivity contribution in [1.29, 1.82) is 0 Å². The molecule has 0 fully saturated rings. The number of anilines is 2. The number of allylic oxidation sites excluding steroid dienone is 3. The van der Waals surface area contributed by atoms with Crippen molar-refractivity contribution >= 4 is 17.4 Å². The monoisotopic (exact) mass is 492 g/mol. The number of carbonyl (C=O) groups excluding carboxylic acids is 1. The van der Waals surface area contributed by atoms with Crippen LogP contribution in [0.15, 0.2) is 77.2 Å². The first-order valence-corrected chi connectivity index (χ1v) is 12.3. The minimum Gasteiger partial charge on any atom is -0.385 e. The normalized spacial score (nSPS) is 22.5. The van der Waals surface area contributed by atoms with E-state index in [0.29, 0.717) is 37.1 Å². The number of nitrogens with one attached hydrogen (secondary N) is 3. The summed E-state index contributed by atoms with van der Waals surface area (Å²) in [5.41, 5.74) is 8.40. The molecule has 6 nitrogen and oxygen atoms in total. The predicted molar refractivity (Wildman–Crippen MR) is 136 cm³/mol. The van der Waals surface area contributed by atoms with Gasteiger partial charge in [-0.2, -0.15) is 0 Å². The fourth-order valence-corrected chi connectivity index (χ4v) is 5.59. The first-order chi connectivity index (χ1) is 17.3. The van der Waals surface area contributed by atoms with Gasteiger partial charge in [0.15, 0.2) is 0 Å². The van der Waals surface area contributed by atoms with Gasteiger partial charge in [-0.3, -0.25) is 5.01 Å². The molecule has 1 heterocycles. The van der Waals surface area contributed by atoms with Gasteiger partial charge in [0.25, 0.3) is 0 Å². The maximum atomic E-state index is 14.1. The first-order valence-electron chi connectivity index (χ1n) is 12.3. The molecule has 2 amide bonds. The lowest BCUT2D eigenvalue weighted by atomic mass is 9.76. The third-order valence-corrected chi connectivity index (χ3v) is 7.30. The summed E-state index contributed by atoms with van der Waals surface area (Å²) in [6, 6.07) is 10.3. The molecular weight excluding hydrogens is 462 g/mol. The third kappa shape index (κ3) is 4.37. The lowest BCUT2D eigenvalue weighted by Gasteiger charge is -2.34. The minimum atomic E-state index is -1.03. The zero-order valence-corrected chi connectivity index (χ0v) is 20.4. The Morgan fingerprint density at radius 3 is 2.69 bits per heavy atom. The Bertz CT molecular complexity index is 1280. The number of fused-ring (bicyclic) bond motifs is 1. The summed E-state index contributed by atoms with van der Waals surface area (Å²) in [7, 11) is 0. The molecule has 0 unspecified atom stereocenters. The molecule has 2 aromatic carbocycles. The van der Waals surface area contributed by atoms with Crippen molar-refractivity contribution in [3.05, 3.63) is 94.4 Å². The molecule has 2 atom stereocenters. The van der Waals surface area contributed by atoms with Crippen LogP contribution in [0.25, 0.3) is 0 Å². The quantitative estimate of drug-likeness (QED) is 0.441. The molecule has 0 saturated carbocycles. The summed E-state index contributed by atoms with van der Waals surface area (Å²) in [4.78, 5) is 12.0. The third-order valence-electron chi connectivity index (χ3n) is 7.30. The van der Waals surface area contributed by atoms with Crippen LogP contribution in [0.2, 0.25) is 0 Å². The van der Waals surface area contributed by atoms with Crippen molar-refractivity contribution in [3.8, 4) is 0 Å². The Hall–Kier alpha value is -3.65. The molecule has 188 valence electrons. The largest absolute Gasteiger partial charge is 0.385 e. The highest BCUT2D eigenvalue weighted by atomic mass is 19.1. The van der Waals surface area contributed by atoms with Crippen LogP contribution >= 0.6 is 0 Å². The number of nitrogens with zero attached hydrogens (tertiary/aromatic N) is 1. The highest BCUT2D eigenvalue weighted by Gasteiger charge is 2.45. The highest BCUT2D eigenvalue weighted by molar-refractivity contribution is 5.90. The molecule has 2 aromatic rings. The number of amides is 2. The Morgan fingerprint density at radius 2 is 1.94 bits per heavy atom. The van der Waals surface area contributed by atoms with E-state index >= 15 is 0 Å². The van der Waals surface area contributed by atoms with Gasteiger partial charge < -0.3 is 21.2 Å². The number of halogens is 2. The van der Waals surface area contributed by atoms with Gasteiger partial charge in [0.05, 0.1) is 17.0 Å². The average molecular weight is 493 g/mol. The topological polar surface area (TPSA) is 76.6 Å². The molecule has 0 saturated heterocycles. The van der Waals surface area contributed by atoms with Gasteiger partial charge in [-0.15, -0.1) is 0 Å². The summed E-state index contributed by atoms with van der Waals surface area (Å²) >= 11 is 0. The number of urea groups is 1. The second-order valence-corrected chi connectivity index (χ2v) is 9.55. The van der Waals surface area contributed by atoms with Crippen molar-refractivity contribution < 1.29 is 18.7 Å². The number of hydrogen-bond donors (Lipinski definition) is 4. The van der Waals surface area contributed by atoms with Crippen molar-refractivity contribution in [2.45, 2.75) is 45.1 Å². The minimum absolute atomic E-state index is 0.0223. The molecular formula is C28H30F2N4O2. The molecule has 3 aliphatic rings. The predicted octanol–water partition coefficient (Wildman–Crippen LogP) is 5.30. The Labute approximate surface area is 209 Å². The Balaban J connectivity index is 1.39. The van der Waals surface area contributed by atoms with Gasteiger partial charge in [-0.1, -0.05) is 6.92 Å². The smallest absolute Gasteiger partial charge is 0.319 e. The maximum Gasteiger partial charge on any atom is 0.319 e. The van der Waals surface area contributed by atoms with Gasteiger partial charge in [-0.25, -0.2) is 13.6 Å². The molecule has 8 heteroatoms. The van der Waals surface area contributed by atoms with E-state index in [4.69, 9.17) is 0 Å². The van der Waals surface area contributed by atoms with E-state index < -0.39 is 5.60 Å². The van der Waals surface area contributed by atoms with Gasteiger partial charge in [0.2, 0.25) is 0 Å². The van der Waals surface area contributed by atoms with Gasteiger partial charge in [0.1, 0.15) is 11.6 Å². The molecule has 0 bridgehead atoms. The van der Waals surface area contributed by atoms with E-state index in [1.807, 2.05) is 18.1 Å². The molecule has 0 aromatic heterocycles. The SMILES string of the molecule is CCNC(=O)Nc1ccc(F)cc1CC[C@@]1(O)CCC2=C1[C@@H](C)C1=CNN(c3ccc(F)cc3)C1=C2. The Kier molecular flexibility index (Phi) is 6.30. The number of aliphatic hydroxyl groups is 1. The van der Waals surface area contributed by atoms with Crippen molar-refractivity contribution in [3.63, 3.8) is 0 Å². The zero-order chi connectivity index (χ0) is 25.4. The number of rotatable bonds is 6. The van der Waals surface area contributed by atoms with Crippen LogP contribution < -0.4 is 21.1 Å². The maximum absolute atomic E-state index is 14.1. The number of hydrogen-bond acceptors (Lipinski definition) is 4. The standard InChI is InChI=1S/C28H30F2N4O2/c1-3-31-27(35)33-24-9-6-21(30)14-18(24)10-12-28(36)13-11-19-15-25-23(17(2)26(19)28)16-32-34(25)22-7-4-20(29)5-8-22/h4-9,14-17,32,36H,3,10-13H2,1-2H3,(H2,31,33,35)/t17-,28+/m0/s1. The second kappa shape index (κ2) is 9.43. The summed E-state index contributed by atoms with van der Waals surface area (Å²) in [6.45, 7) is 4.39. The van der Waals surface area contributed by atoms with Crippen LogP contribution in [0.4, 0.5) is 25.0 Å². The summed E-state index contributed by atoms with van der Waals surface area (Å²) < 4.78 is 27.5. The van der Waals surface area contributed by atoms with Crippen LogP contribution in [0, 0.1) is 17.6 Å². The van der Waals surface area contributed by atoms with Gasteiger partial charge >= 0.3 is 6.03 Å². The van der Waals surface area contributed by atoms with Crippen molar-refractivity contribution in [2.75, 3.05) is 16.9 Å². The van der Waals surface area contributed by atoms with E-state index in [0.717, 1.165) is 34.5 Å². The van der Waals surface area contributed by atoms with Crippen LogP contribution in [-0.2, 0) is 6.42 Å². The van der Waals surface area contributed by atoms with Gasteiger partial charge in [0, 0.05) is 29.9 Å². The van der Waals surface area contributed by atoms with E-state index in [1.54, 1.807) is 18.2 Å².